The number of non-ortho nitro benzene ring substituents is 1. The van der Waals surface area contributed by atoms with Gasteiger partial charge in [-0.2, -0.15) is 5.10 Å². The van der Waals surface area contributed by atoms with Gasteiger partial charge in [0, 0.05) is 40.6 Å². The van der Waals surface area contributed by atoms with Crippen molar-refractivity contribution in [2.24, 2.45) is 0 Å². The Morgan fingerprint density at radius 1 is 1.00 bits per heavy atom. The molecule has 0 bridgehead atoms. The Morgan fingerprint density at radius 3 is 2.38 bits per heavy atom. The average Bonchev–Trinajstić information content (AvgIpc) is 3.19. The van der Waals surface area contributed by atoms with Gasteiger partial charge in [-0.25, -0.2) is 4.68 Å². The molecular formula is C24H17ClN4O3. The summed E-state index contributed by atoms with van der Waals surface area (Å²) < 4.78 is 1.63. The molecule has 8 heteroatoms. The number of hydrogen-bond donors (Lipinski definition) is 1. The van der Waals surface area contributed by atoms with E-state index in [0.717, 1.165) is 22.4 Å². The second-order valence-corrected chi connectivity index (χ2v) is 7.90. The number of aromatic nitrogens is 2. The Kier molecular flexibility index (Phi) is 4.95. The number of hydrogen-bond acceptors (Lipinski definition) is 4. The van der Waals surface area contributed by atoms with E-state index < -0.39 is 4.92 Å². The van der Waals surface area contributed by atoms with Gasteiger partial charge in [-0.15, -0.1) is 0 Å². The van der Waals surface area contributed by atoms with Crippen LogP contribution in [0.15, 0.2) is 78.9 Å². The van der Waals surface area contributed by atoms with Crippen LogP contribution in [0.2, 0.25) is 5.02 Å². The van der Waals surface area contributed by atoms with Crippen LogP contribution >= 0.6 is 11.6 Å². The number of carbonyl (C=O) groups is 1. The number of amides is 1. The molecule has 7 nitrogen and oxygen atoms in total. The molecule has 158 valence electrons. The second-order valence-electron chi connectivity index (χ2n) is 7.49. The predicted molar refractivity (Wildman–Crippen MR) is 122 cm³/mol. The Bertz CT molecular complexity index is 1330. The van der Waals surface area contributed by atoms with Gasteiger partial charge in [0.25, 0.3) is 5.69 Å². The summed E-state index contributed by atoms with van der Waals surface area (Å²) in [6, 6.07) is 23.3. The van der Waals surface area contributed by atoms with Gasteiger partial charge in [0.1, 0.15) is 5.82 Å². The van der Waals surface area contributed by atoms with Gasteiger partial charge in [0.2, 0.25) is 5.91 Å². The minimum atomic E-state index is -0.451. The highest BCUT2D eigenvalue weighted by atomic mass is 35.5. The van der Waals surface area contributed by atoms with E-state index in [1.54, 1.807) is 16.8 Å². The number of benzene rings is 3. The molecule has 1 aliphatic heterocycles. The lowest BCUT2D eigenvalue weighted by atomic mass is 9.84. The normalized spacial score (nSPS) is 15.2. The van der Waals surface area contributed by atoms with Crippen LogP contribution in [0.3, 0.4) is 0 Å². The van der Waals surface area contributed by atoms with Crippen LogP contribution in [0.5, 0.6) is 0 Å². The molecule has 0 aliphatic carbocycles. The summed E-state index contributed by atoms with van der Waals surface area (Å²) in [6.07, 6.45) is 0.239. The van der Waals surface area contributed by atoms with Crippen LogP contribution in [-0.4, -0.2) is 20.6 Å². The molecule has 1 amide bonds. The summed E-state index contributed by atoms with van der Waals surface area (Å²) in [5, 5.41) is 19.4. The molecule has 1 N–H and O–H groups in total. The number of anilines is 1. The largest absolute Gasteiger partial charge is 0.310 e. The highest BCUT2D eigenvalue weighted by molar-refractivity contribution is 6.31. The van der Waals surface area contributed by atoms with Crippen molar-refractivity contribution < 1.29 is 9.72 Å². The van der Waals surface area contributed by atoms with Crippen molar-refractivity contribution in [1.82, 2.24) is 9.78 Å². The summed E-state index contributed by atoms with van der Waals surface area (Å²) in [4.78, 5) is 23.3. The van der Waals surface area contributed by atoms with E-state index in [9.17, 15) is 14.9 Å². The van der Waals surface area contributed by atoms with Crippen LogP contribution in [0.4, 0.5) is 11.5 Å². The van der Waals surface area contributed by atoms with Crippen LogP contribution < -0.4 is 5.32 Å². The SMILES string of the molecule is O=C1CC(c2ccccc2Cl)c2c(-c3ccccc3)nn(-c3ccc([N+](=O)[O-])cc3)c2N1. The molecule has 32 heavy (non-hydrogen) atoms. The molecule has 3 aromatic carbocycles. The summed E-state index contributed by atoms with van der Waals surface area (Å²) in [5.74, 6) is 0.110. The zero-order chi connectivity index (χ0) is 22.2. The van der Waals surface area contributed by atoms with Crippen molar-refractivity contribution >= 4 is 29.0 Å². The van der Waals surface area contributed by atoms with Crippen molar-refractivity contribution in [3.63, 3.8) is 0 Å². The highest BCUT2D eigenvalue weighted by Crippen LogP contribution is 2.45. The Morgan fingerprint density at radius 2 is 1.69 bits per heavy atom. The first-order valence-electron chi connectivity index (χ1n) is 10.0. The van der Waals surface area contributed by atoms with E-state index >= 15 is 0 Å². The molecule has 4 aromatic rings. The maximum absolute atomic E-state index is 12.7. The van der Waals surface area contributed by atoms with Gasteiger partial charge in [0.15, 0.2) is 0 Å². The van der Waals surface area contributed by atoms with Crippen LogP contribution in [-0.2, 0) is 4.79 Å². The van der Waals surface area contributed by atoms with Gasteiger partial charge in [-0.05, 0) is 23.8 Å². The number of rotatable bonds is 4. The second kappa shape index (κ2) is 7.94. The van der Waals surface area contributed by atoms with Crippen molar-refractivity contribution in [2.45, 2.75) is 12.3 Å². The van der Waals surface area contributed by atoms with Crippen LogP contribution in [0.25, 0.3) is 16.9 Å². The lowest BCUT2D eigenvalue weighted by Crippen LogP contribution is -2.25. The van der Waals surface area contributed by atoms with Crippen LogP contribution in [0, 0.1) is 10.1 Å². The van der Waals surface area contributed by atoms with E-state index in [0.29, 0.717) is 16.5 Å². The number of nitro groups is 1. The summed E-state index contributed by atoms with van der Waals surface area (Å²) in [6.45, 7) is 0. The molecule has 1 aromatic heterocycles. The van der Waals surface area contributed by atoms with E-state index in [2.05, 4.69) is 5.32 Å². The fourth-order valence-electron chi connectivity index (χ4n) is 4.09. The molecule has 0 spiro atoms. The molecule has 0 saturated heterocycles. The summed E-state index contributed by atoms with van der Waals surface area (Å²) >= 11 is 6.52. The number of carbonyl (C=O) groups excluding carboxylic acids is 1. The van der Waals surface area contributed by atoms with Gasteiger partial charge < -0.3 is 5.32 Å². The minimum absolute atomic E-state index is 0.0176. The van der Waals surface area contributed by atoms with Crippen LogP contribution in [0.1, 0.15) is 23.5 Å². The number of halogens is 1. The molecule has 1 aliphatic rings. The maximum Gasteiger partial charge on any atom is 0.269 e. The third kappa shape index (κ3) is 3.42. The number of nitrogens with zero attached hydrogens (tertiary/aromatic N) is 3. The first kappa shape index (κ1) is 20.0. The molecular weight excluding hydrogens is 428 g/mol. The van der Waals surface area contributed by atoms with Crippen molar-refractivity contribution in [3.05, 3.63) is 105 Å². The predicted octanol–water partition coefficient (Wildman–Crippen LogP) is 5.58. The van der Waals surface area contributed by atoms with Crippen molar-refractivity contribution in [2.75, 3.05) is 5.32 Å². The molecule has 1 unspecified atom stereocenters. The van der Waals surface area contributed by atoms with E-state index in [1.807, 2.05) is 54.6 Å². The third-order valence-electron chi connectivity index (χ3n) is 5.55. The Hall–Kier alpha value is -3.97. The number of nitro benzene ring substituents is 1. The first-order chi connectivity index (χ1) is 15.5. The van der Waals surface area contributed by atoms with Gasteiger partial charge in [-0.1, -0.05) is 60.1 Å². The van der Waals surface area contributed by atoms with E-state index in [4.69, 9.17) is 16.7 Å². The van der Waals surface area contributed by atoms with Gasteiger partial charge >= 0.3 is 0 Å². The maximum atomic E-state index is 12.7. The molecule has 0 saturated carbocycles. The zero-order valence-corrected chi connectivity index (χ0v) is 17.5. The third-order valence-corrected chi connectivity index (χ3v) is 5.90. The molecule has 2 heterocycles. The van der Waals surface area contributed by atoms with Gasteiger partial charge in [0.05, 0.1) is 16.3 Å². The smallest absolute Gasteiger partial charge is 0.269 e. The zero-order valence-electron chi connectivity index (χ0n) is 16.7. The number of nitrogens with one attached hydrogen (secondary N) is 1. The monoisotopic (exact) mass is 444 g/mol. The van der Waals surface area contributed by atoms with Gasteiger partial charge in [-0.3, -0.25) is 14.9 Å². The minimum Gasteiger partial charge on any atom is -0.310 e. The molecule has 0 fully saturated rings. The number of fused-ring (bicyclic) bond motifs is 1. The Labute approximate surface area is 188 Å². The standard InChI is InChI=1S/C24H17ClN4O3/c25-20-9-5-4-8-18(20)19-14-21(30)26-24-22(19)23(15-6-2-1-3-7-15)27-28(24)16-10-12-17(13-11-16)29(31)32/h1-13,19H,14H2,(H,26,30). The van der Waals surface area contributed by atoms with E-state index in [1.165, 1.54) is 12.1 Å². The highest BCUT2D eigenvalue weighted by Gasteiger charge is 2.35. The Balaban J connectivity index is 1.75. The lowest BCUT2D eigenvalue weighted by molar-refractivity contribution is -0.384. The summed E-state index contributed by atoms with van der Waals surface area (Å²) in [5.41, 5.74) is 3.93. The summed E-state index contributed by atoms with van der Waals surface area (Å²) in [7, 11) is 0. The van der Waals surface area contributed by atoms with Crippen molar-refractivity contribution in [3.8, 4) is 16.9 Å². The lowest BCUT2D eigenvalue weighted by Gasteiger charge is -2.25. The average molecular weight is 445 g/mol. The first-order valence-corrected chi connectivity index (χ1v) is 10.4. The molecule has 0 radical (unpaired) electrons. The van der Waals surface area contributed by atoms with Crippen molar-refractivity contribution in [1.29, 1.82) is 0 Å². The fourth-order valence-corrected chi connectivity index (χ4v) is 4.35. The fraction of sp³-hybridized carbons (Fsp3) is 0.0833. The molecule has 1 atom stereocenters. The quantitative estimate of drug-likeness (QED) is 0.329. The molecule has 5 rings (SSSR count). The van der Waals surface area contributed by atoms with E-state index in [-0.39, 0.29) is 23.9 Å². The topological polar surface area (TPSA) is 90.1 Å².